The lowest BCUT2D eigenvalue weighted by Gasteiger charge is -1.97. The van der Waals surface area contributed by atoms with Crippen molar-refractivity contribution in [3.63, 3.8) is 0 Å². The lowest BCUT2D eigenvalue weighted by atomic mass is 10.7. The maximum atomic E-state index is 9.61. The van der Waals surface area contributed by atoms with Crippen LogP contribution in [0.2, 0.25) is 0 Å². The molecule has 0 aliphatic heterocycles. The molecule has 4 heteroatoms. The number of amides is 1. The first-order valence-electron chi connectivity index (χ1n) is 1.76. The molecule has 1 amide bonds. The number of alkyl halides is 1. The molecule has 0 aromatic rings. The Balaban J connectivity index is 3.13. The molecule has 0 aliphatic rings. The monoisotopic (exact) mass is 123 g/mol. The molecule has 0 saturated carbocycles. The molecule has 0 rings (SSSR count). The molecule has 0 heterocycles. The van der Waals surface area contributed by atoms with E-state index < -0.39 is 11.6 Å². The maximum Gasteiger partial charge on any atom is 0.405 e. The summed E-state index contributed by atoms with van der Waals surface area (Å²) in [6.45, 7) is 1.54. The van der Waals surface area contributed by atoms with Gasteiger partial charge in [0.2, 0.25) is 0 Å². The van der Waals surface area contributed by atoms with Crippen LogP contribution in [0.15, 0.2) is 0 Å². The summed E-state index contributed by atoms with van der Waals surface area (Å²) in [6.07, 6.45) is -1.09. The molecule has 0 aromatic carbocycles. The molecule has 0 aliphatic carbocycles. The van der Waals surface area contributed by atoms with Crippen molar-refractivity contribution in [2.45, 2.75) is 12.4 Å². The van der Waals surface area contributed by atoms with E-state index in [1.807, 2.05) is 5.32 Å². The molecular weight excluding hydrogens is 117 g/mol. The van der Waals surface area contributed by atoms with E-state index in [9.17, 15) is 4.79 Å². The minimum absolute atomic E-state index is 0.502. The van der Waals surface area contributed by atoms with Gasteiger partial charge >= 0.3 is 6.09 Å². The van der Waals surface area contributed by atoms with Crippen molar-refractivity contribution in [2.24, 2.45) is 0 Å². The molecule has 0 aromatic heterocycles. The number of rotatable bonds is 1. The highest BCUT2D eigenvalue weighted by Crippen LogP contribution is 1.84. The van der Waals surface area contributed by atoms with Crippen LogP contribution in [0.4, 0.5) is 4.79 Å². The predicted molar refractivity (Wildman–Crippen MR) is 26.5 cm³/mol. The van der Waals surface area contributed by atoms with Gasteiger partial charge in [0.25, 0.3) is 0 Å². The van der Waals surface area contributed by atoms with Crippen molar-refractivity contribution < 1.29 is 9.90 Å². The van der Waals surface area contributed by atoms with Crippen LogP contribution in [0.1, 0.15) is 6.92 Å². The van der Waals surface area contributed by atoms with Gasteiger partial charge in [-0.15, -0.1) is 0 Å². The molecule has 1 unspecified atom stereocenters. The van der Waals surface area contributed by atoms with Crippen molar-refractivity contribution in [2.75, 3.05) is 0 Å². The fourth-order valence-electron chi connectivity index (χ4n) is 0.170. The van der Waals surface area contributed by atoms with E-state index in [0.29, 0.717) is 0 Å². The molecule has 7 heavy (non-hydrogen) atoms. The standard InChI is InChI=1S/C3H6ClNO2/c1-2(4)5-3(6)7/h2,5H,1H3,(H,6,7). The van der Waals surface area contributed by atoms with Crippen molar-refractivity contribution in [3.8, 4) is 0 Å². The number of nitrogens with one attached hydrogen (secondary N) is 1. The van der Waals surface area contributed by atoms with Crippen LogP contribution >= 0.6 is 11.6 Å². The summed E-state index contributed by atoms with van der Waals surface area (Å²) >= 11 is 5.18. The van der Waals surface area contributed by atoms with Crippen LogP contribution in [-0.2, 0) is 0 Å². The lowest BCUT2D eigenvalue weighted by Crippen LogP contribution is -2.26. The van der Waals surface area contributed by atoms with Crippen molar-refractivity contribution in [3.05, 3.63) is 0 Å². The van der Waals surface area contributed by atoms with Gasteiger partial charge in [0.1, 0.15) is 5.50 Å². The largest absolute Gasteiger partial charge is 0.465 e. The van der Waals surface area contributed by atoms with Crippen LogP contribution in [0.5, 0.6) is 0 Å². The van der Waals surface area contributed by atoms with E-state index in [4.69, 9.17) is 16.7 Å². The Morgan fingerprint density at radius 3 is 2.43 bits per heavy atom. The summed E-state index contributed by atoms with van der Waals surface area (Å²) in [7, 11) is 0. The first kappa shape index (κ1) is 6.56. The van der Waals surface area contributed by atoms with Gasteiger partial charge in [-0.05, 0) is 6.92 Å². The fourth-order valence-corrected chi connectivity index (χ4v) is 0.263. The summed E-state index contributed by atoms with van der Waals surface area (Å²) in [4.78, 5) is 9.61. The van der Waals surface area contributed by atoms with E-state index in [0.717, 1.165) is 0 Å². The molecule has 0 radical (unpaired) electrons. The zero-order valence-corrected chi connectivity index (χ0v) is 4.57. The second kappa shape index (κ2) is 2.69. The van der Waals surface area contributed by atoms with Crippen LogP contribution in [0.25, 0.3) is 0 Å². The average Bonchev–Trinajstić information content (AvgIpc) is 1.27. The molecule has 0 bridgehead atoms. The molecule has 1 atom stereocenters. The third-order valence-electron chi connectivity index (χ3n) is 0.322. The Kier molecular flexibility index (Phi) is 2.52. The average molecular weight is 124 g/mol. The molecule has 0 spiro atoms. The van der Waals surface area contributed by atoms with Gasteiger partial charge in [-0.1, -0.05) is 11.6 Å². The quantitative estimate of drug-likeness (QED) is 0.401. The molecule has 0 fully saturated rings. The SMILES string of the molecule is CC(Cl)NC(=O)O. The Bertz CT molecular complexity index is 73.3. The molecule has 2 N–H and O–H groups in total. The summed E-state index contributed by atoms with van der Waals surface area (Å²) in [5.41, 5.74) is -0.502. The van der Waals surface area contributed by atoms with Crippen LogP contribution in [-0.4, -0.2) is 16.7 Å². The van der Waals surface area contributed by atoms with E-state index in [1.54, 1.807) is 0 Å². The highest BCUT2D eigenvalue weighted by atomic mass is 35.5. The summed E-state index contributed by atoms with van der Waals surface area (Å²) in [5.74, 6) is 0. The first-order valence-corrected chi connectivity index (χ1v) is 2.20. The Labute approximate surface area is 46.3 Å². The number of carbonyl (C=O) groups is 1. The smallest absolute Gasteiger partial charge is 0.405 e. The van der Waals surface area contributed by atoms with E-state index in [1.165, 1.54) is 6.92 Å². The third kappa shape index (κ3) is 5.56. The van der Waals surface area contributed by atoms with Gasteiger partial charge < -0.3 is 10.4 Å². The fraction of sp³-hybridized carbons (Fsp3) is 0.667. The highest BCUT2D eigenvalue weighted by Gasteiger charge is 1.96. The normalized spacial score (nSPS) is 12.9. The third-order valence-corrected chi connectivity index (χ3v) is 0.431. The number of hydrogen-bond donors (Lipinski definition) is 2. The number of halogens is 1. The van der Waals surface area contributed by atoms with Gasteiger partial charge in [0, 0.05) is 0 Å². The van der Waals surface area contributed by atoms with Crippen LogP contribution in [0, 0.1) is 0 Å². The van der Waals surface area contributed by atoms with Gasteiger partial charge in [-0.25, -0.2) is 4.79 Å². The Morgan fingerprint density at radius 1 is 2.00 bits per heavy atom. The van der Waals surface area contributed by atoms with Crippen LogP contribution in [0.3, 0.4) is 0 Å². The summed E-state index contributed by atoms with van der Waals surface area (Å²) in [5, 5.41) is 9.88. The molecule has 42 valence electrons. The Hall–Kier alpha value is -0.440. The Morgan fingerprint density at radius 2 is 2.43 bits per heavy atom. The van der Waals surface area contributed by atoms with Gasteiger partial charge in [-0.2, -0.15) is 0 Å². The number of hydrogen-bond acceptors (Lipinski definition) is 1. The van der Waals surface area contributed by atoms with E-state index >= 15 is 0 Å². The van der Waals surface area contributed by atoms with Crippen molar-refractivity contribution in [1.29, 1.82) is 0 Å². The molecule has 0 saturated heterocycles. The van der Waals surface area contributed by atoms with E-state index in [-0.39, 0.29) is 0 Å². The topological polar surface area (TPSA) is 49.3 Å². The lowest BCUT2D eigenvalue weighted by molar-refractivity contribution is 0.194. The van der Waals surface area contributed by atoms with Gasteiger partial charge in [0.05, 0.1) is 0 Å². The second-order valence-corrected chi connectivity index (χ2v) is 1.72. The van der Waals surface area contributed by atoms with Gasteiger partial charge in [-0.3, -0.25) is 0 Å². The summed E-state index contributed by atoms with van der Waals surface area (Å²) in [6, 6.07) is 0. The maximum absolute atomic E-state index is 9.61. The minimum Gasteiger partial charge on any atom is -0.465 e. The van der Waals surface area contributed by atoms with E-state index in [2.05, 4.69) is 0 Å². The van der Waals surface area contributed by atoms with Crippen molar-refractivity contribution in [1.82, 2.24) is 5.32 Å². The minimum atomic E-state index is -1.09. The van der Waals surface area contributed by atoms with Crippen LogP contribution < -0.4 is 5.32 Å². The van der Waals surface area contributed by atoms with Crippen molar-refractivity contribution >= 4 is 17.7 Å². The molecule has 3 nitrogen and oxygen atoms in total. The molecular formula is C3H6ClNO2. The number of carboxylic acid groups (broad SMARTS) is 1. The predicted octanol–water partition coefficient (Wildman–Crippen LogP) is 0.839. The second-order valence-electron chi connectivity index (χ2n) is 1.07. The zero-order chi connectivity index (χ0) is 5.86. The summed E-state index contributed by atoms with van der Waals surface area (Å²) < 4.78 is 0. The first-order chi connectivity index (χ1) is 3.13. The highest BCUT2D eigenvalue weighted by molar-refractivity contribution is 6.20. The zero-order valence-electron chi connectivity index (χ0n) is 3.81. The van der Waals surface area contributed by atoms with Gasteiger partial charge in [0.15, 0.2) is 0 Å².